The Morgan fingerprint density at radius 2 is 2.30 bits per heavy atom. The summed E-state index contributed by atoms with van der Waals surface area (Å²) in [5, 5.41) is 11.4. The third-order valence-electron chi connectivity index (χ3n) is 2.68. The van der Waals surface area contributed by atoms with Crippen LogP contribution in [0.15, 0.2) is 5.38 Å². The zero-order valence-corrected chi connectivity index (χ0v) is 12.7. The Morgan fingerprint density at radius 1 is 1.55 bits per heavy atom. The zero-order valence-electron chi connectivity index (χ0n) is 11.1. The minimum Gasteiger partial charge on any atom is -0.462 e. The van der Waals surface area contributed by atoms with Crippen molar-refractivity contribution in [2.45, 2.75) is 6.92 Å². The number of rotatable bonds is 5. The molecule has 20 heavy (non-hydrogen) atoms. The third kappa shape index (κ3) is 2.84. The summed E-state index contributed by atoms with van der Waals surface area (Å²) in [5.74, 6) is 0.0988. The highest BCUT2D eigenvalue weighted by atomic mass is 35.5. The highest BCUT2D eigenvalue weighted by Crippen LogP contribution is 2.33. The first kappa shape index (κ1) is 15.0. The van der Waals surface area contributed by atoms with Gasteiger partial charge in [-0.15, -0.1) is 11.3 Å². The van der Waals surface area contributed by atoms with Crippen molar-refractivity contribution in [2.75, 3.05) is 31.7 Å². The first-order chi connectivity index (χ1) is 9.58. The van der Waals surface area contributed by atoms with E-state index in [0.29, 0.717) is 34.7 Å². The summed E-state index contributed by atoms with van der Waals surface area (Å²) < 4.78 is 5.03. The fourth-order valence-electron chi connectivity index (χ4n) is 1.79. The lowest BCUT2D eigenvalue weighted by Gasteiger charge is -2.18. The van der Waals surface area contributed by atoms with Crippen LogP contribution in [0.1, 0.15) is 17.3 Å². The van der Waals surface area contributed by atoms with Gasteiger partial charge in [0.2, 0.25) is 5.28 Å². The molecule has 2 heterocycles. The summed E-state index contributed by atoms with van der Waals surface area (Å²) in [6, 6.07) is 0. The van der Waals surface area contributed by atoms with E-state index >= 15 is 0 Å². The molecule has 8 heteroatoms. The molecule has 0 aromatic carbocycles. The van der Waals surface area contributed by atoms with Crippen LogP contribution >= 0.6 is 22.9 Å². The highest BCUT2D eigenvalue weighted by molar-refractivity contribution is 7.17. The Bertz CT molecular complexity index is 632. The lowest BCUT2D eigenvalue weighted by atomic mass is 10.2. The first-order valence-electron chi connectivity index (χ1n) is 6.02. The molecule has 2 aromatic heterocycles. The third-order valence-corrected chi connectivity index (χ3v) is 3.72. The molecule has 0 bridgehead atoms. The molecular formula is C12H14ClN3O3S. The standard InChI is InChI=1S/C12H14ClN3O3S/c1-3-19-11(18)7-6-20-10-8(7)9(14-12(13)15-10)16(2)4-5-17/h6,17H,3-5H2,1-2H3. The number of aliphatic hydroxyl groups excluding tert-OH is 1. The van der Waals surface area contributed by atoms with Gasteiger partial charge in [0, 0.05) is 19.0 Å². The number of esters is 1. The molecule has 0 aliphatic heterocycles. The molecule has 2 aromatic rings. The van der Waals surface area contributed by atoms with Crippen molar-refractivity contribution in [3.63, 3.8) is 0 Å². The molecule has 0 aliphatic rings. The van der Waals surface area contributed by atoms with Crippen molar-refractivity contribution in [3.05, 3.63) is 16.2 Å². The second kappa shape index (κ2) is 6.34. The van der Waals surface area contributed by atoms with Crippen LogP contribution in [0.25, 0.3) is 10.2 Å². The van der Waals surface area contributed by atoms with E-state index in [1.807, 2.05) is 0 Å². The average Bonchev–Trinajstić information content (AvgIpc) is 2.81. The Morgan fingerprint density at radius 3 is 2.95 bits per heavy atom. The number of hydrogen-bond donors (Lipinski definition) is 1. The van der Waals surface area contributed by atoms with Crippen molar-refractivity contribution < 1.29 is 14.6 Å². The van der Waals surface area contributed by atoms with Crippen LogP contribution in [-0.2, 0) is 4.74 Å². The number of aromatic nitrogens is 2. The van der Waals surface area contributed by atoms with Crippen molar-refractivity contribution in [3.8, 4) is 0 Å². The number of aliphatic hydroxyl groups is 1. The number of fused-ring (bicyclic) bond motifs is 1. The second-order valence-electron chi connectivity index (χ2n) is 4.01. The van der Waals surface area contributed by atoms with E-state index in [-0.39, 0.29) is 11.9 Å². The molecule has 0 saturated carbocycles. The summed E-state index contributed by atoms with van der Waals surface area (Å²) in [4.78, 5) is 22.6. The van der Waals surface area contributed by atoms with Crippen molar-refractivity contribution in [1.82, 2.24) is 9.97 Å². The second-order valence-corrected chi connectivity index (χ2v) is 5.21. The lowest BCUT2D eigenvalue weighted by molar-refractivity contribution is 0.0529. The Labute approximate surface area is 125 Å². The largest absolute Gasteiger partial charge is 0.462 e. The van der Waals surface area contributed by atoms with E-state index in [0.717, 1.165) is 0 Å². The highest BCUT2D eigenvalue weighted by Gasteiger charge is 2.21. The van der Waals surface area contributed by atoms with E-state index in [4.69, 9.17) is 21.4 Å². The van der Waals surface area contributed by atoms with Crippen LogP contribution in [0.4, 0.5) is 5.82 Å². The monoisotopic (exact) mass is 315 g/mol. The predicted molar refractivity (Wildman–Crippen MR) is 78.7 cm³/mol. The molecule has 2 rings (SSSR count). The zero-order chi connectivity index (χ0) is 14.7. The average molecular weight is 316 g/mol. The normalized spacial score (nSPS) is 10.8. The van der Waals surface area contributed by atoms with Crippen LogP contribution in [0.2, 0.25) is 5.28 Å². The summed E-state index contributed by atoms with van der Waals surface area (Å²) in [7, 11) is 1.76. The van der Waals surface area contributed by atoms with Gasteiger partial charge < -0.3 is 14.7 Å². The number of carbonyl (C=O) groups excluding carboxylic acids is 1. The molecule has 0 unspecified atom stereocenters. The van der Waals surface area contributed by atoms with Gasteiger partial charge in [-0.25, -0.2) is 9.78 Å². The van der Waals surface area contributed by atoms with Crippen molar-refractivity contribution in [1.29, 1.82) is 0 Å². The maximum absolute atomic E-state index is 12.0. The number of hydrogen-bond acceptors (Lipinski definition) is 7. The molecule has 0 spiro atoms. The summed E-state index contributed by atoms with van der Waals surface area (Å²) in [6.45, 7) is 2.39. The van der Waals surface area contributed by atoms with Crippen molar-refractivity contribution in [2.24, 2.45) is 0 Å². The van der Waals surface area contributed by atoms with Crippen molar-refractivity contribution >= 4 is 44.9 Å². The minimum absolute atomic E-state index is 0.0293. The topological polar surface area (TPSA) is 75.5 Å². The Kier molecular flexibility index (Phi) is 4.74. The SMILES string of the molecule is CCOC(=O)c1csc2nc(Cl)nc(N(C)CCO)c12. The number of ether oxygens (including phenoxy) is 1. The van der Waals surface area contributed by atoms with Gasteiger partial charge in [-0.05, 0) is 18.5 Å². The minimum atomic E-state index is -0.414. The van der Waals surface area contributed by atoms with Gasteiger partial charge in [0.25, 0.3) is 0 Å². The van der Waals surface area contributed by atoms with Gasteiger partial charge in [0.15, 0.2) is 0 Å². The van der Waals surface area contributed by atoms with Gasteiger partial charge in [-0.3, -0.25) is 0 Å². The van der Waals surface area contributed by atoms with E-state index < -0.39 is 5.97 Å². The lowest BCUT2D eigenvalue weighted by Crippen LogP contribution is -2.23. The van der Waals surface area contributed by atoms with E-state index in [2.05, 4.69) is 9.97 Å². The smallest absolute Gasteiger partial charge is 0.339 e. The summed E-state index contributed by atoms with van der Waals surface area (Å²) in [6.07, 6.45) is 0. The van der Waals surface area contributed by atoms with Gasteiger partial charge in [0.05, 0.1) is 24.2 Å². The van der Waals surface area contributed by atoms with Crippen LogP contribution < -0.4 is 4.90 Å². The van der Waals surface area contributed by atoms with E-state index in [1.165, 1.54) is 11.3 Å². The predicted octanol–water partition coefficient (Wildman–Crippen LogP) is 1.95. The Balaban J connectivity index is 2.59. The van der Waals surface area contributed by atoms with Crippen LogP contribution in [0, 0.1) is 0 Å². The fourth-order valence-corrected chi connectivity index (χ4v) is 2.91. The Hall–Kier alpha value is -1.44. The molecule has 0 atom stereocenters. The fraction of sp³-hybridized carbons (Fsp3) is 0.417. The molecule has 0 radical (unpaired) electrons. The number of nitrogens with zero attached hydrogens (tertiary/aromatic N) is 3. The molecule has 1 N–H and O–H groups in total. The number of thiophene rings is 1. The number of halogens is 1. The molecule has 6 nitrogen and oxygen atoms in total. The summed E-state index contributed by atoms with van der Waals surface area (Å²) >= 11 is 7.20. The van der Waals surface area contributed by atoms with E-state index in [1.54, 1.807) is 24.3 Å². The molecular weight excluding hydrogens is 302 g/mol. The van der Waals surface area contributed by atoms with Gasteiger partial charge in [-0.2, -0.15) is 4.98 Å². The van der Waals surface area contributed by atoms with Gasteiger partial charge >= 0.3 is 5.97 Å². The quantitative estimate of drug-likeness (QED) is 0.671. The van der Waals surface area contributed by atoms with Gasteiger partial charge in [0.1, 0.15) is 10.6 Å². The number of anilines is 1. The van der Waals surface area contributed by atoms with Gasteiger partial charge in [-0.1, -0.05) is 0 Å². The molecule has 0 aliphatic carbocycles. The van der Waals surface area contributed by atoms with Crippen LogP contribution in [-0.4, -0.2) is 47.8 Å². The number of likely N-dealkylation sites (N-methyl/N-ethyl adjacent to an activating group) is 1. The first-order valence-corrected chi connectivity index (χ1v) is 7.28. The maximum Gasteiger partial charge on any atom is 0.339 e. The van der Waals surface area contributed by atoms with E-state index in [9.17, 15) is 4.79 Å². The van der Waals surface area contributed by atoms with Crippen LogP contribution in [0.5, 0.6) is 0 Å². The summed E-state index contributed by atoms with van der Waals surface area (Å²) in [5.41, 5.74) is 0.420. The molecule has 108 valence electrons. The van der Waals surface area contributed by atoms with Crippen LogP contribution in [0.3, 0.4) is 0 Å². The molecule has 0 amide bonds. The number of carbonyl (C=O) groups is 1. The molecule has 0 saturated heterocycles. The maximum atomic E-state index is 12.0. The molecule has 0 fully saturated rings.